The highest BCUT2D eigenvalue weighted by molar-refractivity contribution is 7.16. The van der Waals surface area contributed by atoms with Crippen molar-refractivity contribution >= 4 is 22.3 Å². The zero-order valence-corrected chi connectivity index (χ0v) is 26.6. The summed E-state index contributed by atoms with van der Waals surface area (Å²) < 4.78 is 32.5. The molecule has 7 rings (SSSR count). The summed E-state index contributed by atoms with van der Waals surface area (Å²) in [4.78, 5) is 23.8. The number of hydrogen-bond acceptors (Lipinski definition) is 14. The third-order valence-corrected chi connectivity index (χ3v) is 11.0. The zero-order chi connectivity index (χ0) is 31.6. The predicted molar refractivity (Wildman–Crippen MR) is 163 cm³/mol. The molecule has 0 bridgehead atoms. The lowest BCUT2D eigenvalue weighted by atomic mass is 9.72. The number of aromatic nitrogens is 5. The van der Waals surface area contributed by atoms with Crippen LogP contribution in [0, 0.1) is 11.3 Å². The number of nitrogen functional groups attached to an aromatic ring is 1. The minimum atomic E-state index is -1.13. The van der Waals surface area contributed by atoms with Crippen molar-refractivity contribution < 1.29 is 23.5 Å². The molecule has 1 aliphatic carbocycles. The average molecular weight is 640 g/mol. The van der Waals surface area contributed by atoms with Gasteiger partial charge in [0, 0.05) is 30.0 Å². The summed E-state index contributed by atoms with van der Waals surface area (Å²) in [5, 5.41) is 25.6. The highest BCUT2D eigenvalue weighted by Crippen LogP contribution is 2.49. The van der Waals surface area contributed by atoms with E-state index >= 15 is 0 Å². The van der Waals surface area contributed by atoms with Gasteiger partial charge in [-0.1, -0.05) is 5.16 Å². The van der Waals surface area contributed by atoms with E-state index in [1.807, 2.05) is 18.7 Å². The molecule has 15 heteroatoms. The summed E-state index contributed by atoms with van der Waals surface area (Å²) in [6.45, 7) is 8.08. The Balaban J connectivity index is 1.27. The summed E-state index contributed by atoms with van der Waals surface area (Å²) in [5.41, 5.74) is 5.25. The maximum Gasteiger partial charge on any atom is 0.322 e. The van der Waals surface area contributed by atoms with E-state index in [-0.39, 0.29) is 36.8 Å². The van der Waals surface area contributed by atoms with Crippen LogP contribution in [0.15, 0.2) is 4.52 Å². The quantitative estimate of drug-likeness (QED) is 0.403. The number of alkyl halides is 1. The minimum absolute atomic E-state index is 0.0609. The van der Waals surface area contributed by atoms with Crippen molar-refractivity contribution in [3.63, 3.8) is 0 Å². The number of anilines is 2. The zero-order valence-electron chi connectivity index (χ0n) is 25.8. The molecule has 0 unspecified atom stereocenters. The number of halogens is 1. The number of aliphatic hydroxyl groups is 1. The van der Waals surface area contributed by atoms with Gasteiger partial charge in [0.25, 0.3) is 0 Å². The second-order valence-electron chi connectivity index (χ2n) is 13.3. The summed E-state index contributed by atoms with van der Waals surface area (Å²) in [6.07, 6.45) is 3.34. The molecule has 4 aliphatic rings. The summed E-state index contributed by atoms with van der Waals surface area (Å²) in [6, 6.07) is 2.33. The fourth-order valence-corrected chi connectivity index (χ4v) is 8.89. The van der Waals surface area contributed by atoms with E-state index in [4.69, 9.17) is 29.7 Å². The molecule has 3 aromatic heterocycles. The molecule has 5 atom stereocenters. The third-order valence-electron chi connectivity index (χ3n) is 9.89. The SMILES string of the molecule is C[C@H](Oc1nc(-c2noc([C@@]3(C)CCCc4sc(N)c(C#N)c43)n2)nc(N2CCOC[C@](C)(O)C2)n1)[C@@]12CCCN1C[C@H](F)C2. The van der Waals surface area contributed by atoms with Gasteiger partial charge in [-0.3, -0.25) is 4.90 Å². The van der Waals surface area contributed by atoms with Gasteiger partial charge < -0.3 is 29.7 Å². The van der Waals surface area contributed by atoms with Gasteiger partial charge in [-0.05, 0) is 59.4 Å². The van der Waals surface area contributed by atoms with E-state index in [1.54, 1.807) is 6.92 Å². The molecule has 0 spiro atoms. The van der Waals surface area contributed by atoms with E-state index in [9.17, 15) is 14.8 Å². The number of rotatable bonds is 6. The van der Waals surface area contributed by atoms with Gasteiger partial charge in [0.05, 0.1) is 36.3 Å². The van der Waals surface area contributed by atoms with Gasteiger partial charge in [-0.15, -0.1) is 11.3 Å². The van der Waals surface area contributed by atoms with Gasteiger partial charge >= 0.3 is 6.01 Å². The van der Waals surface area contributed by atoms with Crippen LogP contribution in [-0.4, -0.2) is 97.9 Å². The molecule has 0 amide bonds. The van der Waals surface area contributed by atoms with Crippen LogP contribution in [0.25, 0.3) is 11.6 Å². The minimum Gasteiger partial charge on any atom is -0.458 e. The molecule has 3 N–H and O–H groups in total. The molecular weight excluding hydrogens is 601 g/mol. The molecule has 3 aliphatic heterocycles. The maximum atomic E-state index is 14.6. The van der Waals surface area contributed by atoms with E-state index < -0.39 is 28.8 Å². The van der Waals surface area contributed by atoms with Gasteiger partial charge in [0.1, 0.15) is 28.9 Å². The van der Waals surface area contributed by atoms with Crippen molar-refractivity contribution in [1.82, 2.24) is 30.0 Å². The molecule has 3 aromatic rings. The second kappa shape index (κ2) is 11.1. The maximum absolute atomic E-state index is 14.6. The smallest absolute Gasteiger partial charge is 0.322 e. The molecule has 45 heavy (non-hydrogen) atoms. The van der Waals surface area contributed by atoms with Crippen LogP contribution in [0.3, 0.4) is 0 Å². The van der Waals surface area contributed by atoms with Crippen molar-refractivity contribution in [3.05, 3.63) is 21.9 Å². The number of nitriles is 1. The van der Waals surface area contributed by atoms with Crippen LogP contribution in [-0.2, 0) is 16.6 Å². The van der Waals surface area contributed by atoms with Crippen molar-refractivity contribution in [2.45, 2.75) is 88.1 Å². The van der Waals surface area contributed by atoms with E-state index in [1.165, 1.54) is 11.3 Å². The molecule has 0 radical (unpaired) electrons. The fourth-order valence-electron chi connectivity index (χ4n) is 7.70. The molecule has 240 valence electrons. The largest absolute Gasteiger partial charge is 0.458 e. The Morgan fingerprint density at radius 3 is 2.84 bits per heavy atom. The average Bonchev–Trinajstić information content (AvgIpc) is 3.75. The molecule has 3 fully saturated rings. The Labute approximate surface area is 264 Å². The van der Waals surface area contributed by atoms with Crippen molar-refractivity contribution in [2.24, 2.45) is 0 Å². The normalized spacial score (nSPS) is 30.8. The Morgan fingerprint density at radius 2 is 2.02 bits per heavy atom. The van der Waals surface area contributed by atoms with E-state index in [0.29, 0.717) is 49.0 Å². The van der Waals surface area contributed by atoms with Crippen LogP contribution in [0.5, 0.6) is 6.01 Å². The van der Waals surface area contributed by atoms with Crippen LogP contribution in [0.4, 0.5) is 15.3 Å². The molecular formula is C30H38FN9O4S. The van der Waals surface area contributed by atoms with Crippen LogP contribution >= 0.6 is 11.3 Å². The van der Waals surface area contributed by atoms with Crippen molar-refractivity contribution in [1.29, 1.82) is 5.26 Å². The summed E-state index contributed by atoms with van der Waals surface area (Å²) in [5.74, 6) is 0.905. The third kappa shape index (κ3) is 5.21. The van der Waals surface area contributed by atoms with Crippen LogP contribution in [0.2, 0.25) is 0 Å². The number of aryl methyl sites for hydroxylation is 1. The van der Waals surface area contributed by atoms with Crippen LogP contribution < -0.4 is 15.4 Å². The van der Waals surface area contributed by atoms with Crippen molar-refractivity contribution in [2.75, 3.05) is 50.0 Å². The monoisotopic (exact) mass is 639 g/mol. The van der Waals surface area contributed by atoms with E-state index in [0.717, 1.165) is 42.7 Å². The number of fused-ring (bicyclic) bond motifs is 2. The van der Waals surface area contributed by atoms with Gasteiger partial charge in [0.15, 0.2) is 0 Å². The topological polar surface area (TPSA) is 173 Å². The number of nitrogens with two attached hydrogens (primary N) is 1. The first-order valence-electron chi connectivity index (χ1n) is 15.5. The Morgan fingerprint density at radius 1 is 1.18 bits per heavy atom. The molecule has 13 nitrogen and oxygen atoms in total. The first kappa shape index (κ1) is 30.2. The van der Waals surface area contributed by atoms with Gasteiger partial charge in [0.2, 0.25) is 23.5 Å². The lowest BCUT2D eigenvalue weighted by Crippen LogP contribution is -2.50. The Bertz CT molecular complexity index is 1640. The van der Waals surface area contributed by atoms with Gasteiger partial charge in [-0.25, -0.2) is 4.39 Å². The summed E-state index contributed by atoms with van der Waals surface area (Å²) >= 11 is 1.44. The van der Waals surface area contributed by atoms with Gasteiger partial charge in [-0.2, -0.15) is 25.2 Å². The standard InChI is InChI=1S/C30H38FN9O4S/c1-17(30-8-5-9-40(30)14-18(31)12-30)43-27-36-23(35-26(37-27)39-10-11-42-16-28(2,41)15-39)24-34-25(44-38-24)29(3)7-4-6-20-21(29)19(13-32)22(33)45-20/h17-18,41H,4-12,14-16,33H2,1-3H3/t17-,18+,28+,29-,30-/m0/s1. The molecule has 0 saturated carbocycles. The van der Waals surface area contributed by atoms with Crippen molar-refractivity contribution in [3.8, 4) is 23.7 Å². The lowest BCUT2D eigenvalue weighted by molar-refractivity contribution is -0.0123. The Hall–Kier alpha value is -3.45. The first-order valence-corrected chi connectivity index (χ1v) is 16.4. The number of hydrogen-bond donors (Lipinski definition) is 2. The Kier molecular flexibility index (Phi) is 7.46. The first-order chi connectivity index (χ1) is 21.5. The van der Waals surface area contributed by atoms with E-state index in [2.05, 4.69) is 26.1 Å². The molecule has 3 saturated heterocycles. The van der Waals surface area contributed by atoms with Crippen LogP contribution in [0.1, 0.15) is 74.8 Å². The predicted octanol–water partition coefficient (Wildman–Crippen LogP) is 3.01. The molecule has 0 aromatic carbocycles. The lowest BCUT2D eigenvalue weighted by Gasteiger charge is -2.37. The fraction of sp³-hybridized carbons (Fsp3) is 0.667. The number of ether oxygens (including phenoxy) is 2. The second-order valence-corrected chi connectivity index (χ2v) is 14.4. The molecule has 6 heterocycles. The number of thiophene rings is 1. The highest BCUT2D eigenvalue weighted by Gasteiger charge is 2.53. The number of nitrogens with zero attached hydrogens (tertiary/aromatic N) is 8. The summed E-state index contributed by atoms with van der Waals surface area (Å²) in [7, 11) is 0. The highest BCUT2D eigenvalue weighted by atomic mass is 32.1. The number of β-amino-alcohol motifs (C(OH)–C–C–N with tert-alkyl or cyclic N) is 1.